The van der Waals surface area contributed by atoms with Gasteiger partial charge in [0.1, 0.15) is 30.3 Å². The van der Waals surface area contributed by atoms with E-state index in [2.05, 4.69) is 27.1 Å². The normalized spacial score (nSPS) is 15.5. The van der Waals surface area contributed by atoms with E-state index in [0.29, 0.717) is 18.2 Å². The fraction of sp³-hybridized carbons (Fsp3) is 0.526. The minimum atomic E-state index is -0.335. The van der Waals surface area contributed by atoms with Crippen LogP contribution in [0.25, 0.3) is 0 Å². The van der Waals surface area contributed by atoms with Gasteiger partial charge >= 0.3 is 0 Å². The van der Waals surface area contributed by atoms with E-state index in [-0.39, 0.29) is 17.8 Å². The van der Waals surface area contributed by atoms with Gasteiger partial charge in [0, 0.05) is 19.2 Å². The Kier molecular flexibility index (Phi) is 5.88. The highest BCUT2D eigenvalue weighted by Crippen LogP contribution is 2.22. The zero-order valence-electron chi connectivity index (χ0n) is 15.6. The molecule has 7 heteroatoms. The Balaban J connectivity index is 1.61. The summed E-state index contributed by atoms with van der Waals surface area (Å²) in [7, 11) is 0. The van der Waals surface area contributed by atoms with Crippen LogP contribution in [0.3, 0.4) is 0 Å². The Morgan fingerprint density at radius 1 is 1.35 bits per heavy atom. The summed E-state index contributed by atoms with van der Waals surface area (Å²) in [6.45, 7) is 8.47. The third-order valence-corrected chi connectivity index (χ3v) is 4.45. The molecule has 2 aromatic rings. The molecule has 1 amide bonds. The molecule has 0 atom stereocenters. The number of ether oxygens (including phenoxy) is 1. The van der Waals surface area contributed by atoms with Gasteiger partial charge in [0.25, 0.3) is 5.91 Å². The Hall–Kier alpha value is -2.41. The maximum Gasteiger partial charge on any atom is 0.292 e. The number of nitrogens with zero attached hydrogens (tertiary/aromatic N) is 3. The van der Waals surface area contributed by atoms with Crippen LogP contribution >= 0.6 is 0 Å². The van der Waals surface area contributed by atoms with Gasteiger partial charge in [0.05, 0.1) is 6.10 Å². The smallest absolute Gasteiger partial charge is 0.292 e. The SMILES string of the molecule is CC1CCN(c2cc(NC(=O)c3ccc(COC(C)C)o3)ncn2)CC1. The summed E-state index contributed by atoms with van der Waals surface area (Å²) in [5.41, 5.74) is 0. The van der Waals surface area contributed by atoms with E-state index in [9.17, 15) is 4.79 Å². The van der Waals surface area contributed by atoms with Gasteiger partial charge in [0.15, 0.2) is 5.76 Å². The quantitative estimate of drug-likeness (QED) is 0.851. The second-order valence-corrected chi connectivity index (χ2v) is 7.01. The molecule has 7 nitrogen and oxygen atoms in total. The van der Waals surface area contributed by atoms with Crippen LogP contribution in [0.2, 0.25) is 0 Å². The van der Waals surface area contributed by atoms with Crippen LogP contribution < -0.4 is 10.2 Å². The van der Waals surface area contributed by atoms with E-state index >= 15 is 0 Å². The number of hydrogen-bond donors (Lipinski definition) is 1. The van der Waals surface area contributed by atoms with Gasteiger partial charge in [0.2, 0.25) is 0 Å². The topological polar surface area (TPSA) is 80.5 Å². The average Bonchev–Trinajstić information content (AvgIpc) is 3.10. The summed E-state index contributed by atoms with van der Waals surface area (Å²) in [6, 6.07) is 5.19. The van der Waals surface area contributed by atoms with E-state index in [1.165, 1.54) is 6.33 Å². The number of amides is 1. The molecule has 140 valence electrons. The lowest BCUT2D eigenvalue weighted by Gasteiger charge is -2.31. The summed E-state index contributed by atoms with van der Waals surface area (Å²) in [6.07, 6.45) is 3.89. The van der Waals surface area contributed by atoms with Crippen molar-refractivity contribution in [2.45, 2.75) is 46.3 Å². The van der Waals surface area contributed by atoms with E-state index in [4.69, 9.17) is 9.15 Å². The van der Waals surface area contributed by atoms with Crippen molar-refractivity contribution in [2.75, 3.05) is 23.3 Å². The van der Waals surface area contributed by atoms with Gasteiger partial charge in [-0.2, -0.15) is 0 Å². The number of furan rings is 1. The van der Waals surface area contributed by atoms with Crippen LogP contribution in [0, 0.1) is 5.92 Å². The molecule has 0 bridgehead atoms. The second-order valence-electron chi connectivity index (χ2n) is 7.01. The maximum atomic E-state index is 12.4. The molecule has 1 aliphatic rings. The third kappa shape index (κ3) is 4.82. The lowest BCUT2D eigenvalue weighted by Crippen LogP contribution is -2.33. The molecule has 1 aliphatic heterocycles. The second kappa shape index (κ2) is 8.31. The number of carbonyl (C=O) groups is 1. The molecule has 0 saturated carbocycles. The lowest BCUT2D eigenvalue weighted by atomic mass is 9.99. The van der Waals surface area contributed by atoms with Crippen LogP contribution in [0.4, 0.5) is 11.6 Å². The summed E-state index contributed by atoms with van der Waals surface area (Å²) >= 11 is 0. The molecule has 1 fully saturated rings. The zero-order valence-corrected chi connectivity index (χ0v) is 15.6. The largest absolute Gasteiger partial charge is 0.453 e. The zero-order chi connectivity index (χ0) is 18.5. The predicted molar refractivity (Wildman–Crippen MR) is 99.2 cm³/mol. The molecule has 3 heterocycles. The summed E-state index contributed by atoms with van der Waals surface area (Å²) in [5, 5.41) is 2.77. The van der Waals surface area contributed by atoms with Crippen LogP contribution in [-0.2, 0) is 11.3 Å². The molecule has 1 saturated heterocycles. The van der Waals surface area contributed by atoms with E-state index in [0.717, 1.165) is 37.7 Å². The summed E-state index contributed by atoms with van der Waals surface area (Å²) < 4.78 is 11.0. The van der Waals surface area contributed by atoms with Crippen LogP contribution in [0.5, 0.6) is 0 Å². The summed E-state index contributed by atoms with van der Waals surface area (Å²) in [5.74, 6) is 2.58. The standard InChI is InChI=1S/C19H26N4O3/c1-13(2)25-11-15-4-5-16(26-15)19(24)22-17-10-18(21-12-20-17)23-8-6-14(3)7-9-23/h4-5,10,12-14H,6-9,11H2,1-3H3,(H,20,21,22,24). The molecule has 0 radical (unpaired) electrons. The molecule has 0 unspecified atom stereocenters. The van der Waals surface area contributed by atoms with Crippen molar-refractivity contribution < 1.29 is 13.9 Å². The Morgan fingerprint density at radius 3 is 2.85 bits per heavy atom. The van der Waals surface area contributed by atoms with Gasteiger partial charge in [-0.15, -0.1) is 0 Å². The number of aromatic nitrogens is 2. The monoisotopic (exact) mass is 358 g/mol. The predicted octanol–water partition coefficient (Wildman–Crippen LogP) is 3.48. The van der Waals surface area contributed by atoms with Gasteiger partial charge < -0.3 is 19.4 Å². The molecule has 0 spiro atoms. The maximum absolute atomic E-state index is 12.4. The van der Waals surface area contributed by atoms with Crippen LogP contribution in [0.1, 0.15) is 49.9 Å². The number of anilines is 2. The van der Waals surface area contributed by atoms with E-state index in [1.807, 2.05) is 13.8 Å². The van der Waals surface area contributed by atoms with Gasteiger partial charge in [-0.25, -0.2) is 9.97 Å². The summed E-state index contributed by atoms with van der Waals surface area (Å²) in [4.78, 5) is 23.1. The van der Waals surface area contributed by atoms with E-state index in [1.54, 1.807) is 18.2 Å². The van der Waals surface area contributed by atoms with Crippen molar-refractivity contribution in [3.8, 4) is 0 Å². The van der Waals surface area contributed by atoms with Crippen LogP contribution in [-0.4, -0.2) is 35.1 Å². The number of hydrogen-bond acceptors (Lipinski definition) is 6. The minimum Gasteiger partial charge on any atom is -0.453 e. The number of carbonyl (C=O) groups excluding carboxylic acids is 1. The number of nitrogens with one attached hydrogen (secondary N) is 1. The molecule has 1 N–H and O–H groups in total. The minimum absolute atomic E-state index is 0.106. The molecule has 3 rings (SSSR count). The van der Waals surface area contributed by atoms with E-state index < -0.39 is 0 Å². The van der Waals surface area contributed by atoms with Crippen molar-refractivity contribution in [3.63, 3.8) is 0 Å². The number of rotatable bonds is 6. The highest BCUT2D eigenvalue weighted by atomic mass is 16.5. The highest BCUT2D eigenvalue weighted by molar-refractivity contribution is 6.01. The van der Waals surface area contributed by atoms with Gasteiger partial charge in [-0.1, -0.05) is 6.92 Å². The first-order valence-electron chi connectivity index (χ1n) is 9.10. The molecule has 2 aromatic heterocycles. The van der Waals surface area contributed by atoms with Crippen LogP contribution in [0.15, 0.2) is 28.9 Å². The Labute approximate surface area is 153 Å². The van der Waals surface area contributed by atoms with Crippen molar-refractivity contribution in [1.82, 2.24) is 9.97 Å². The molecule has 0 aromatic carbocycles. The molecular formula is C19H26N4O3. The highest BCUT2D eigenvalue weighted by Gasteiger charge is 2.18. The van der Waals surface area contributed by atoms with Crippen molar-refractivity contribution in [1.29, 1.82) is 0 Å². The first kappa shape index (κ1) is 18.4. The lowest BCUT2D eigenvalue weighted by molar-refractivity contribution is 0.0537. The fourth-order valence-corrected chi connectivity index (χ4v) is 2.83. The fourth-order valence-electron chi connectivity index (χ4n) is 2.83. The van der Waals surface area contributed by atoms with Crippen molar-refractivity contribution in [3.05, 3.63) is 36.0 Å². The third-order valence-electron chi connectivity index (χ3n) is 4.45. The first-order chi connectivity index (χ1) is 12.5. The molecular weight excluding hydrogens is 332 g/mol. The number of piperidine rings is 1. The van der Waals surface area contributed by atoms with Gasteiger partial charge in [-0.3, -0.25) is 4.79 Å². The molecule has 26 heavy (non-hydrogen) atoms. The van der Waals surface area contributed by atoms with Gasteiger partial charge in [-0.05, 0) is 44.7 Å². The molecule has 0 aliphatic carbocycles. The van der Waals surface area contributed by atoms with Crippen molar-refractivity contribution in [2.24, 2.45) is 5.92 Å². The Bertz CT molecular complexity index is 736. The average molecular weight is 358 g/mol. The first-order valence-corrected chi connectivity index (χ1v) is 9.10. The Morgan fingerprint density at radius 2 is 2.12 bits per heavy atom. The van der Waals surface area contributed by atoms with Crippen molar-refractivity contribution >= 4 is 17.5 Å².